The Morgan fingerprint density at radius 1 is 1.17 bits per heavy atom. The summed E-state index contributed by atoms with van der Waals surface area (Å²) < 4.78 is 18.7. The molecule has 1 aliphatic heterocycles. The van der Waals surface area contributed by atoms with Gasteiger partial charge in [0.05, 0.1) is 18.1 Å². The maximum absolute atomic E-state index is 13.8. The number of nitrogens with zero attached hydrogens (tertiary/aromatic N) is 4. The number of halogens is 1. The van der Waals surface area contributed by atoms with E-state index in [4.69, 9.17) is 4.74 Å². The third-order valence-electron chi connectivity index (χ3n) is 4.09. The highest BCUT2D eigenvalue weighted by Gasteiger charge is 2.26. The first kappa shape index (κ1) is 16.0. The van der Waals surface area contributed by atoms with Gasteiger partial charge in [-0.3, -0.25) is 15.1 Å². The summed E-state index contributed by atoms with van der Waals surface area (Å²) in [4.78, 5) is 18.8. The summed E-state index contributed by atoms with van der Waals surface area (Å²) in [5, 5.41) is 11.3. The molecule has 1 fully saturated rings. The third-order valence-corrected chi connectivity index (χ3v) is 4.09. The van der Waals surface area contributed by atoms with Crippen LogP contribution in [0.25, 0.3) is 0 Å². The summed E-state index contributed by atoms with van der Waals surface area (Å²) in [6, 6.07) is 6.18. The Morgan fingerprint density at radius 3 is 2.38 bits per heavy atom. The summed E-state index contributed by atoms with van der Waals surface area (Å²) >= 11 is 0. The van der Waals surface area contributed by atoms with Crippen LogP contribution < -0.4 is 14.5 Å². The van der Waals surface area contributed by atoms with Crippen molar-refractivity contribution in [3.8, 4) is 5.75 Å². The molecule has 0 aliphatic carbocycles. The number of anilines is 2. The molecule has 7 nitrogen and oxygen atoms in total. The van der Waals surface area contributed by atoms with Crippen molar-refractivity contribution in [2.24, 2.45) is 0 Å². The van der Waals surface area contributed by atoms with Crippen molar-refractivity contribution in [3.63, 3.8) is 0 Å². The van der Waals surface area contributed by atoms with Crippen LogP contribution in [0.1, 0.15) is 0 Å². The minimum atomic E-state index is -0.733. The van der Waals surface area contributed by atoms with Crippen LogP contribution in [-0.4, -0.2) is 43.2 Å². The predicted octanol–water partition coefficient (Wildman–Crippen LogP) is 2.46. The van der Waals surface area contributed by atoms with Crippen LogP contribution in [0.5, 0.6) is 5.75 Å². The van der Waals surface area contributed by atoms with Crippen LogP contribution in [0, 0.1) is 15.9 Å². The van der Waals surface area contributed by atoms with Gasteiger partial charge >= 0.3 is 0 Å². The van der Waals surface area contributed by atoms with E-state index in [1.54, 1.807) is 12.4 Å². The minimum absolute atomic E-state index is 0.00663. The first-order valence-corrected chi connectivity index (χ1v) is 7.52. The number of pyridine rings is 1. The average Bonchev–Trinajstić information content (AvgIpc) is 2.62. The number of hydrogen-bond donors (Lipinski definition) is 0. The molecule has 24 heavy (non-hydrogen) atoms. The number of nitro groups is 1. The predicted molar refractivity (Wildman–Crippen MR) is 88.3 cm³/mol. The van der Waals surface area contributed by atoms with E-state index in [2.05, 4.69) is 9.88 Å². The van der Waals surface area contributed by atoms with Crippen molar-refractivity contribution in [2.75, 3.05) is 43.1 Å². The number of methoxy groups -OCH3 is 1. The number of ether oxygens (including phenoxy) is 1. The number of nitro benzene ring substituents is 1. The Kier molecular flexibility index (Phi) is 4.45. The fraction of sp³-hybridized carbons (Fsp3) is 0.312. The molecule has 1 saturated heterocycles. The van der Waals surface area contributed by atoms with Crippen LogP contribution in [0.15, 0.2) is 36.7 Å². The zero-order valence-corrected chi connectivity index (χ0v) is 13.2. The SMILES string of the molecule is COc1cc(N2CCN(c3ccncc3)CC2)c([N+](=O)[O-])cc1F. The summed E-state index contributed by atoms with van der Waals surface area (Å²) in [5.74, 6) is -0.726. The van der Waals surface area contributed by atoms with Gasteiger partial charge in [-0.25, -0.2) is 4.39 Å². The summed E-state index contributed by atoms with van der Waals surface area (Å²) in [5.41, 5.74) is 1.20. The first-order chi connectivity index (χ1) is 11.6. The molecule has 1 aliphatic rings. The lowest BCUT2D eigenvalue weighted by atomic mass is 10.2. The Labute approximate surface area is 138 Å². The van der Waals surface area contributed by atoms with Gasteiger partial charge in [0.15, 0.2) is 11.6 Å². The zero-order valence-electron chi connectivity index (χ0n) is 13.2. The second-order valence-corrected chi connectivity index (χ2v) is 5.41. The lowest BCUT2D eigenvalue weighted by Gasteiger charge is -2.37. The first-order valence-electron chi connectivity index (χ1n) is 7.52. The fourth-order valence-corrected chi connectivity index (χ4v) is 2.85. The van der Waals surface area contributed by atoms with Crippen molar-refractivity contribution >= 4 is 17.1 Å². The zero-order chi connectivity index (χ0) is 17.1. The topological polar surface area (TPSA) is 71.7 Å². The molecule has 2 heterocycles. The lowest BCUT2D eigenvalue weighted by molar-refractivity contribution is -0.384. The van der Waals surface area contributed by atoms with E-state index in [1.165, 1.54) is 13.2 Å². The molecule has 1 aromatic heterocycles. The number of hydrogen-bond acceptors (Lipinski definition) is 6. The molecule has 0 saturated carbocycles. The summed E-state index contributed by atoms with van der Waals surface area (Å²) in [6.07, 6.45) is 3.47. The molecule has 2 aromatic rings. The van der Waals surface area contributed by atoms with E-state index in [9.17, 15) is 14.5 Å². The van der Waals surface area contributed by atoms with Crippen LogP contribution in [0.3, 0.4) is 0 Å². The molecule has 1 aromatic carbocycles. The average molecular weight is 332 g/mol. The smallest absolute Gasteiger partial charge is 0.295 e. The van der Waals surface area contributed by atoms with Gasteiger partial charge in [-0.15, -0.1) is 0 Å². The van der Waals surface area contributed by atoms with E-state index < -0.39 is 10.7 Å². The number of piperazine rings is 1. The van der Waals surface area contributed by atoms with E-state index in [0.717, 1.165) is 11.8 Å². The molecule has 0 N–H and O–H groups in total. The van der Waals surface area contributed by atoms with Gasteiger partial charge < -0.3 is 14.5 Å². The third kappa shape index (κ3) is 3.08. The molecule has 0 spiro atoms. The van der Waals surface area contributed by atoms with Gasteiger partial charge in [0.2, 0.25) is 0 Å². The molecular formula is C16H17FN4O3. The van der Waals surface area contributed by atoms with Crippen molar-refractivity contribution in [1.82, 2.24) is 4.98 Å². The second-order valence-electron chi connectivity index (χ2n) is 5.41. The molecule has 8 heteroatoms. The van der Waals surface area contributed by atoms with Gasteiger partial charge in [-0.05, 0) is 12.1 Å². The monoisotopic (exact) mass is 332 g/mol. The normalized spacial score (nSPS) is 14.6. The van der Waals surface area contributed by atoms with Gasteiger partial charge in [0, 0.05) is 50.3 Å². The molecule has 3 rings (SSSR count). The molecule has 0 unspecified atom stereocenters. The molecule has 126 valence electrons. The number of rotatable bonds is 4. The lowest BCUT2D eigenvalue weighted by Crippen LogP contribution is -2.46. The Hall–Kier alpha value is -2.90. The Morgan fingerprint density at radius 2 is 1.79 bits per heavy atom. The fourth-order valence-electron chi connectivity index (χ4n) is 2.85. The van der Waals surface area contributed by atoms with Gasteiger partial charge in [0.25, 0.3) is 5.69 Å². The molecule has 0 bridgehead atoms. The quantitative estimate of drug-likeness (QED) is 0.633. The maximum Gasteiger partial charge on any atom is 0.295 e. The molecular weight excluding hydrogens is 315 g/mol. The largest absolute Gasteiger partial charge is 0.494 e. The molecule has 0 amide bonds. The molecule has 0 radical (unpaired) electrons. The van der Waals surface area contributed by atoms with Crippen molar-refractivity contribution < 1.29 is 14.1 Å². The van der Waals surface area contributed by atoms with Crippen LogP contribution >= 0.6 is 0 Å². The number of aromatic nitrogens is 1. The van der Waals surface area contributed by atoms with Crippen molar-refractivity contribution in [1.29, 1.82) is 0 Å². The van der Waals surface area contributed by atoms with Gasteiger partial charge in [0.1, 0.15) is 5.69 Å². The minimum Gasteiger partial charge on any atom is -0.494 e. The summed E-state index contributed by atoms with van der Waals surface area (Å²) in [7, 11) is 1.34. The van der Waals surface area contributed by atoms with Gasteiger partial charge in [-0.1, -0.05) is 0 Å². The van der Waals surface area contributed by atoms with E-state index in [0.29, 0.717) is 31.9 Å². The Bertz CT molecular complexity index is 734. The van der Waals surface area contributed by atoms with Crippen LogP contribution in [0.4, 0.5) is 21.5 Å². The van der Waals surface area contributed by atoms with E-state index >= 15 is 0 Å². The Balaban J connectivity index is 1.82. The van der Waals surface area contributed by atoms with Gasteiger partial charge in [-0.2, -0.15) is 0 Å². The standard InChI is InChI=1S/C16H17FN4O3/c1-24-16-11-14(15(21(22)23)10-13(16)17)20-8-6-19(7-9-20)12-2-4-18-5-3-12/h2-5,10-11H,6-9H2,1H3. The van der Waals surface area contributed by atoms with E-state index in [1.807, 2.05) is 17.0 Å². The van der Waals surface area contributed by atoms with Crippen molar-refractivity contribution in [2.45, 2.75) is 0 Å². The van der Waals surface area contributed by atoms with Crippen molar-refractivity contribution in [3.05, 3.63) is 52.6 Å². The van der Waals surface area contributed by atoms with Crippen LogP contribution in [0.2, 0.25) is 0 Å². The van der Waals surface area contributed by atoms with Crippen LogP contribution in [-0.2, 0) is 0 Å². The highest BCUT2D eigenvalue weighted by Crippen LogP contribution is 2.35. The maximum atomic E-state index is 13.8. The van der Waals surface area contributed by atoms with E-state index in [-0.39, 0.29) is 11.4 Å². The summed E-state index contributed by atoms with van der Waals surface area (Å²) in [6.45, 7) is 2.61. The highest BCUT2D eigenvalue weighted by atomic mass is 19.1. The second kappa shape index (κ2) is 6.69. The molecule has 0 atom stereocenters. The number of benzene rings is 1. The highest BCUT2D eigenvalue weighted by molar-refractivity contribution is 5.67.